The Bertz CT molecular complexity index is 359. The van der Waals surface area contributed by atoms with E-state index >= 15 is 0 Å². The Labute approximate surface area is 170 Å². The van der Waals surface area contributed by atoms with Gasteiger partial charge in [-0.15, -0.1) is 24.0 Å². The molecule has 2 heterocycles. The minimum absolute atomic E-state index is 0. The standard InChI is InChI=1S/C18H36N4S.HI/c1-4-19-18(21-12-17-8-6-10-23-17)20-11-16-7-5-9-22(14-16)13-15(2)3;/h15-17H,4-14H2,1-3H3,(H2,19,20,21);1H. The van der Waals surface area contributed by atoms with Crippen LogP contribution in [0, 0.1) is 11.8 Å². The number of likely N-dealkylation sites (tertiary alicyclic amines) is 1. The van der Waals surface area contributed by atoms with E-state index in [1.807, 2.05) is 0 Å². The van der Waals surface area contributed by atoms with Crippen molar-refractivity contribution in [2.45, 2.75) is 51.7 Å². The number of nitrogens with zero attached hydrogens (tertiary/aromatic N) is 2. The summed E-state index contributed by atoms with van der Waals surface area (Å²) in [5, 5.41) is 7.73. The third kappa shape index (κ3) is 8.61. The van der Waals surface area contributed by atoms with E-state index in [1.165, 1.54) is 51.1 Å². The lowest BCUT2D eigenvalue weighted by molar-refractivity contribution is 0.162. The molecule has 0 aromatic heterocycles. The number of aliphatic imine (C=N–C) groups is 1. The minimum Gasteiger partial charge on any atom is -0.357 e. The van der Waals surface area contributed by atoms with Crippen LogP contribution in [0.1, 0.15) is 46.5 Å². The molecule has 2 aliphatic heterocycles. The van der Waals surface area contributed by atoms with Crippen LogP contribution in [-0.2, 0) is 0 Å². The summed E-state index contributed by atoms with van der Waals surface area (Å²) in [5.74, 6) is 3.83. The third-order valence-electron chi connectivity index (χ3n) is 4.60. The normalized spacial score (nSPS) is 25.6. The molecule has 2 fully saturated rings. The molecule has 6 heteroatoms. The third-order valence-corrected chi connectivity index (χ3v) is 6.00. The van der Waals surface area contributed by atoms with Crippen LogP contribution in [0.15, 0.2) is 4.99 Å². The van der Waals surface area contributed by atoms with Gasteiger partial charge in [0.1, 0.15) is 0 Å². The maximum atomic E-state index is 4.87. The van der Waals surface area contributed by atoms with Gasteiger partial charge in [0.15, 0.2) is 5.96 Å². The van der Waals surface area contributed by atoms with Crippen molar-refractivity contribution < 1.29 is 0 Å². The Morgan fingerprint density at radius 3 is 2.75 bits per heavy atom. The molecule has 0 amide bonds. The van der Waals surface area contributed by atoms with E-state index in [0.717, 1.165) is 42.7 Å². The van der Waals surface area contributed by atoms with Crippen LogP contribution in [0.2, 0.25) is 0 Å². The van der Waals surface area contributed by atoms with Gasteiger partial charge in [0, 0.05) is 38.0 Å². The molecule has 2 aliphatic rings. The molecule has 4 nitrogen and oxygen atoms in total. The van der Waals surface area contributed by atoms with Gasteiger partial charge in [0.05, 0.1) is 0 Å². The zero-order valence-electron chi connectivity index (χ0n) is 15.7. The fourth-order valence-corrected chi connectivity index (χ4v) is 4.76. The number of halogens is 1. The maximum Gasteiger partial charge on any atom is 0.191 e. The van der Waals surface area contributed by atoms with Crippen LogP contribution in [0.4, 0.5) is 0 Å². The summed E-state index contributed by atoms with van der Waals surface area (Å²) < 4.78 is 0. The highest BCUT2D eigenvalue weighted by molar-refractivity contribution is 14.0. The fraction of sp³-hybridized carbons (Fsp3) is 0.944. The van der Waals surface area contributed by atoms with Crippen molar-refractivity contribution in [3.05, 3.63) is 0 Å². The van der Waals surface area contributed by atoms with Crippen LogP contribution in [-0.4, -0.2) is 61.1 Å². The monoisotopic (exact) mass is 468 g/mol. The summed E-state index contributed by atoms with van der Waals surface area (Å²) in [5.41, 5.74) is 0. The van der Waals surface area contributed by atoms with Gasteiger partial charge in [-0.2, -0.15) is 11.8 Å². The quantitative estimate of drug-likeness (QED) is 0.341. The summed E-state index contributed by atoms with van der Waals surface area (Å²) >= 11 is 2.10. The number of hydrogen-bond donors (Lipinski definition) is 2. The number of rotatable bonds is 7. The van der Waals surface area contributed by atoms with E-state index in [9.17, 15) is 0 Å². The zero-order valence-corrected chi connectivity index (χ0v) is 18.9. The van der Waals surface area contributed by atoms with E-state index in [-0.39, 0.29) is 24.0 Å². The topological polar surface area (TPSA) is 39.7 Å². The van der Waals surface area contributed by atoms with Crippen molar-refractivity contribution in [1.29, 1.82) is 0 Å². The van der Waals surface area contributed by atoms with E-state index in [0.29, 0.717) is 0 Å². The van der Waals surface area contributed by atoms with Gasteiger partial charge in [-0.1, -0.05) is 13.8 Å². The molecular weight excluding hydrogens is 431 g/mol. The largest absolute Gasteiger partial charge is 0.357 e. The number of piperidine rings is 1. The Morgan fingerprint density at radius 1 is 1.25 bits per heavy atom. The summed E-state index contributed by atoms with van der Waals surface area (Å²) in [7, 11) is 0. The smallest absolute Gasteiger partial charge is 0.191 e. The van der Waals surface area contributed by atoms with Gasteiger partial charge in [-0.25, -0.2) is 0 Å². The van der Waals surface area contributed by atoms with Crippen LogP contribution >= 0.6 is 35.7 Å². The van der Waals surface area contributed by atoms with Crippen molar-refractivity contribution in [1.82, 2.24) is 15.5 Å². The van der Waals surface area contributed by atoms with Crippen molar-refractivity contribution in [3.8, 4) is 0 Å². The summed E-state index contributed by atoms with van der Waals surface area (Å²) in [4.78, 5) is 7.50. The second-order valence-corrected chi connectivity index (χ2v) is 8.81. The fourth-order valence-electron chi connectivity index (χ4n) is 3.56. The van der Waals surface area contributed by atoms with Gasteiger partial charge < -0.3 is 15.5 Å². The Hall–Kier alpha value is 0.310. The molecule has 2 rings (SSSR count). The number of nitrogens with one attached hydrogen (secondary N) is 2. The lowest BCUT2D eigenvalue weighted by atomic mass is 9.97. The molecule has 0 aromatic carbocycles. The maximum absolute atomic E-state index is 4.87. The Kier molecular flexibility index (Phi) is 11.8. The summed E-state index contributed by atoms with van der Waals surface area (Å²) in [6.45, 7) is 13.5. The first-order valence-electron chi connectivity index (χ1n) is 9.53. The van der Waals surface area contributed by atoms with E-state index in [2.05, 4.69) is 48.1 Å². The molecule has 0 aliphatic carbocycles. The molecule has 0 radical (unpaired) electrons. The predicted octanol–water partition coefficient (Wildman–Crippen LogP) is 3.42. The van der Waals surface area contributed by atoms with Crippen LogP contribution in [0.5, 0.6) is 0 Å². The van der Waals surface area contributed by atoms with E-state index < -0.39 is 0 Å². The second kappa shape index (κ2) is 12.6. The van der Waals surface area contributed by atoms with E-state index in [1.54, 1.807) is 0 Å². The molecule has 2 atom stereocenters. The lowest BCUT2D eigenvalue weighted by Gasteiger charge is -2.33. The molecule has 0 spiro atoms. The van der Waals surface area contributed by atoms with Crippen LogP contribution < -0.4 is 10.6 Å². The number of guanidine groups is 1. The predicted molar refractivity (Wildman–Crippen MR) is 119 cm³/mol. The minimum atomic E-state index is 0. The van der Waals surface area contributed by atoms with Crippen molar-refractivity contribution in [2.24, 2.45) is 16.8 Å². The molecule has 2 saturated heterocycles. The molecule has 142 valence electrons. The first-order chi connectivity index (χ1) is 11.2. The molecule has 0 aromatic rings. The molecule has 0 saturated carbocycles. The average molecular weight is 468 g/mol. The summed E-state index contributed by atoms with van der Waals surface area (Å²) in [6, 6.07) is 0. The van der Waals surface area contributed by atoms with Gasteiger partial charge in [-0.3, -0.25) is 4.99 Å². The number of hydrogen-bond acceptors (Lipinski definition) is 3. The SMILES string of the molecule is CCNC(=NCC1CCCN(CC(C)C)C1)NCC1CCCS1.I. The molecule has 0 bridgehead atoms. The van der Waals surface area contributed by atoms with Gasteiger partial charge in [0.2, 0.25) is 0 Å². The Balaban J connectivity index is 0.00000288. The summed E-state index contributed by atoms with van der Waals surface area (Å²) in [6.07, 6.45) is 5.38. The average Bonchev–Trinajstić information content (AvgIpc) is 3.03. The van der Waals surface area contributed by atoms with Crippen molar-refractivity contribution in [2.75, 3.05) is 45.0 Å². The van der Waals surface area contributed by atoms with Crippen LogP contribution in [0.3, 0.4) is 0 Å². The highest BCUT2D eigenvalue weighted by atomic mass is 127. The van der Waals surface area contributed by atoms with E-state index in [4.69, 9.17) is 4.99 Å². The first-order valence-corrected chi connectivity index (χ1v) is 10.6. The van der Waals surface area contributed by atoms with Gasteiger partial charge >= 0.3 is 0 Å². The van der Waals surface area contributed by atoms with Gasteiger partial charge in [0.25, 0.3) is 0 Å². The van der Waals surface area contributed by atoms with Crippen molar-refractivity contribution in [3.63, 3.8) is 0 Å². The lowest BCUT2D eigenvalue weighted by Crippen LogP contribution is -2.42. The van der Waals surface area contributed by atoms with Gasteiger partial charge in [-0.05, 0) is 56.7 Å². The Morgan fingerprint density at radius 2 is 2.08 bits per heavy atom. The first kappa shape index (κ1) is 22.4. The molecule has 24 heavy (non-hydrogen) atoms. The molecular formula is C18H37IN4S. The highest BCUT2D eigenvalue weighted by Crippen LogP contribution is 2.25. The van der Waals surface area contributed by atoms with Crippen molar-refractivity contribution >= 4 is 41.7 Å². The number of thioether (sulfide) groups is 1. The zero-order chi connectivity index (χ0) is 16.5. The molecule has 2 N–H and O–H groups in total. The second-order valence-electron chi connectivity index (χ2n) is 7.40. The van der Waals surface area contributed by atoms with Crippen LogP contribution in [0.25, 0.3) is 0 Å². The highest BCUT2D eigenvalue weighted by Gasteiger charge is 2.20. The molecule has 2 unspecified atom stereocenters.